The minimum absolute atomic E-state index is 0.0145. The summed E-state index contributed by atoms with van der Waals surface area (Å²) in [7, 11) is 5.21. The third-order valence-corrected chi connectivity index (χ3v) is 15.6. The minimum Gasteiger partial charge on any atom is -0.508 e. The Morgan fingerprint density at radius 2 is 0.610 bits per heavy atom. The molecule has 0 aliphatic carbocycles. The van der Waals surface area contributed by atoms with Gasteiger partial charge in [0, 0.05) is 45.4 Å². The maximum absolute atomic E-state index is 14.4. The molecule has 0 amide bonds. The number of methoxy groups -OCH3 is 4. The molecule has 20 nitrogen and oxygen atoms in total. The summed E-state index contributed by atoms with van der Waals surface area (Å²) >= 11 is 0. The lowest BCUT2D eigenvalue weighted by atomic mass is 9.90. The molecule has 6 aromatic carbocycles. The van der Waals surface area contributed by atoms with Crippen LogP contribution in [0.2, 0.25) is 0 Å². The molecular weight excluding hydrogens is 1060 g/mol. The molecule has 0 spiro atoms. The summed E-state index contributed by atoms with van der Waals surface area (Å²) in [6, 6.07) is 1.20. The highest BCUT2D eigenvalue weighted by Crippen LogP contribution is 2.47. The number of aryl methyl sites for hydroxylation is 1. The number of phenolic OH excluding ortho intramolecular Hbond substituents is 4. The van der Waals surface area contributed by atoms with E-state index in [0.717, 1.165) is 0 Å². The van der Waals surface area contributed by atoms with E-state index in [1.807, 2.05) is 0 Å². The minimum atomic E-state index is -1.23. The van der Waals surface area contributed by atoms with Crippen molar-refractivity contribution in [2.45, 2.75) is 110 Å². The molecule has 20 heteroatoms. The molecule has 6 aromatic rings. The third-order valence-electron chi connectivity index (χ3n) is 15.6. The molecule has 0 unspecified atom stereocenters. The topological polar surface area (TPSA) is 298 Å². The number of hydrogen-bond donors (Lipinski definition) is 6. The highest BCUT2D eigenvalue weighted by atomic mass is 16.6. The van der Waals surface area contributed by atoms with E-state index in [4.69, 9.17) is 37.9 Å². The fourth-order valence-electron chi connectivity index (χ4n) is 10.5. The van der Waals surface area contributed by atoms with Crippen LogP contribution >= 0.6 is 0 Å². The summed E-state index contributed by atoms with van der Waals surface area (Å²) in [5.74, 6) is -8.76. The van der Waals surface area contributed by atoms with Gasteiger partial charge in [-0.2, -0.15) is 0 Å². The van der Waals surface area contributed by atoms with Crippen molar-refractivity contribution in [3.8, 4) is 69.0 Å². The standard InChI is InChI=1S/C62H66O20/c1-22-20-39(63)38(48(66)40(22)59(71)79-51-29(8)25(4)44(55(77-18)35(51)14)61(73)81-49-27(6)23(2)42(57(67)68)53(75-16)33(49)12)21-37-31(10)41(47(65)32(11)46(37)64)60(72)80-52-30(9)26(5)45(56(78-19)36(52)15)62(74)82-50-28(7)24(3)43(58(69)70)54(76-17)34(50)13/h20,63-66H,21H2,1-19H3,(H,67,68)(H,69,70). The number of hydrogen-bond acceptors (Lipinski definition) is 18. The molecule has 0 radical (unpaired) electrons. The molecule has 0 aliphatic heterocycles. The number of carboxylic acids is 2. The number of rotatable bonds is 16. The summed E-state index contributed by atoms with van der Waals surface area (Å²) < 4.78 is 46.2. The van der Waals surface area contributed by atoms with Crippen LogP contribution in [0.5, 0.6) is 69.0 Å². The lowest BCUT2D eigenvalue weighted by molar-refractivity contribution is 0.0679. The van der Waals surface area contributed by atoms with E-state index in [1.165, 1.54) is 69.1 Å². The van der Waals surface area contributed by atoms with Gasteiger partial charge < -0.3 is 68.5 Å². The predicted molar refractivity (Wildman–Crippen MR) is 299 cm³/mol. The van der Waals surface area contributed by atoms with Crippen molar-refractivity contribution >= 4 is 35.8 Å². The summed E-state index contributed by atoms with van der Waals surface area (Å²) in [5, 5.41) is 66.2. The van der Waals surface area contributed by atoms with Crippen molar-refractivity contribution in [1.29, 1.82) is 0 Å². The Kier molecular flexibility index (Phi) is 17.6. The molecule has 0 fully saturated rings. The second kappa shape index (κ2) is 23.3. The predicted octanol–water partition coefficient (Wildman–Crippen LogP) is 11.0. The van der Waals surface area contributed by atoms with E-state index in [1.54, 1.807) is 69.2 Å². The Morgan fingerprint density at radius 3 is 0.927 bits per heavy atom. The van der Waals surface area contributed by atoms with Crippen LogP contribution in [0.25, 0.3) is 0 Å². The van der Waals surface area contributed by atoms with Crippen molar-refractivity contribution in [2.24, 2.45) is 0 Å². The van der Waals surface area contributed by atoms with E-state index in [2.05, 4.69) is 0 Å². The maximum Gasteiger partial charge on any atom is 0.347 e. The van der Waals surface area contributed by atoms with Crippen LogP contribution in [0.3, 0.4) is 0 Å². The lowest BCUT2D eigenvalue weighted by Gasteiger charge is -2.23. The smallest absolute Gasteiger partial charge is 0.347 e. The summed E-state index contributed by atoms with van der Waals surface area (Å²) in [4.78, 5) is 81.3. The van der Waals surface area contributed by atoms with Crippen molar-refractivity contribution in [2.75, 3.05) is 28.4 Å². The van der Waals surface area contributed by atoms with Crippen LogP contribution in [0.1, 0.15) is 157 Å². The first-order valence-corrected chi connectivity index (χ1v) is 25.4. The van der Waals surface area contributed by atoms with E-state index in [0.29, 0.717) is 33.4 Å². The summed E-state index contributed by atoms with van der Waals surface area (Å²) in [6.45, 7) is 23.0. The fraction of sp³-hybridized carbons (Fsp3) is 0.323. The van der Waals surface area contributed by atoms with Gasteiger partial charge in [0.25, 0.3) is 0 Å². The van der Waals surface area contributed by atoms with E-state index in [-0.39, 0.29) is 129 Å². The zero-order valence-corrected chi connectivity index (χ0v) is 49.2. The van der Waals surface area contributed by atoms with Gasteiger partial charge in [0.05, 0.1) is 28.4 Å². The first-order chi connectivity index (χ1) is 38.3. The molecule has 6 N–H and O–H groups in total. The van der Waals surface area contributed by atoms with Crippen molar-refractivity contribution < 1.29 is 97.3 Å². The van der Waals surface area contributed by atoms with Crippen LogP contribution in [0, 0.1) is 104 Å². The van der Waals surface area contributed by atoms with E-state index in [9.17, 15) is 59.4 Å². The zero-order valence-electron chi connectivity index (χ0n) is 49.2. The molecule has 0 bridgehead atoms. The molecule has 82 heavy (non-hydrogen) atoms. The lowest BCUT2D eigenvalue weighted by Crippen LogP contribution is -2.19. The molecular formula is C62H66O20. The van der Waals surface area contributed by atoms with Crippen molar-refractivity contribution in [3.05, 3.63) is 134 Å². The van der Waals surface area contributed by atoms with Crippen LogP contribution in [0.15, 0.2) is 6.07 Å². The maximum atomic E-state index is 14.4. The monoisotopic (exact) mass is 1130 g/mol. The van der Waals surface area contributed by atoms with Gasteiger partial charge >= 0.3 is 35.8 Å². The number of aromatic hydroxyl groups is 4. The molecule has 6 rings (SSSR count). The van der Waals surface area contributed by atoms with E-state index >= 15 is 0 Å². The van der Waals surface area contributed by atoms with Gasteiger partial charge in [-0.25, -0.2) is 28.8 Å². The quantitative estimate of drug-likeness (QED) is 0.0388. The van der Waals surface area contributed by atoms with Crippen LogP contribution in [0.4, 0.5) is 0 Å². The Morgan fingerprint density at radius 1 is 0.317 bits per heavy atom. The number of carboxylic acid groups (broad SMARTS) is 2. The average Bonchev–Trinajstić information content (AvgIpc) is 3.55. The fourth-order valence-corrected chi connectivity index (χ4v) is 10.5. The second-order valence-corrected chi connectivity index (χ2v) is 20.0. The SMILES string of the molecule is COc1c(C)c(OC(=O)c2c(C)c(C)c(OC(=O)c3c(C)cc(O)c(Cc4c(C)c(C(=O)Oc5c(C)c(C)c(C(=O)Oc6c(C)c(C)c(C(=O)O)c(OC)c6C)c(OC)c5C)c(O)c(C)c4O)c3O)c(C)c2OC)c(C)c(C)c1C(=O)O. The Balaban J connectivity index is 1.35. The molecule has 0 atom stereocenters. The van der Waals surface area contributed by atoms with Gasteiger partial charge in [0.2, 0.25) is 0 Å². The van der Waals surface area contributed by atoms with Crippen LogP contribution in [-0.4, -0.2) is 94.9 Å². The van der Waals surface area contributed by atoms with E-state index < -0.39 is 76.4 Å². The molecule has 0 saturated heterocycles. The number of carbonyl (C=O) groups excluding carboxylic acids is 4. The Labute approximate surface area is 473 Å². The molecule has 0 heterocycles. The van der Waals surface area contributed by atoms with Gasteiger partial charge in [0.1, 0.15) is 102 Å². The number of phenols is 4. The average molecular weight is 1130 g/mol. The first-order valence-electron chi connectivity index (χ1n) is 25.4. The molecule has 0 saturated carbocycles. The van der Waals surface area contributed by atoms with Gasteiger partial charge in [-0.05, 0) is 166 Å². The molecule has 0 aliphatic rings. The number of ether oxygens (including phenoxy) is 8. The van der Waals surface area contributed by atoms with Crippen molar-refractivity contribution in [3.63, 3.8) is 0 Å². The second-order valence-electron chi connectivity index (χ2n) is 20.0. The largest absolute Gasteiger partial charge is 0.508 e. The number of aromatic carboxylic acids is 2. The number of esters is 4. The molecule has 0 aromatic heterocycles. The Hall–Kier alpha value is -9.46. The zero-order chi connectivity index (χ0) is 61.7. The van der Waals surface area contributed by atoms with Crippen LogP contribution in [-0.2, 0) is 6.42 Å². The normalized spacial score (nSPS) is 11.0. The first kappa shape index (κ1) is 61.7. The Bertz CT molecular complexity index is 3780. The van der Waals surface area contributed by atoms with Gasteiger partial charge in [-0.1, -0.05) is 0 Å². The highest BCUT2D eigenvalue weighted by molar-refractivity contribution is 6.02. The number of carbonyl (C=O) groups is 6. The van der Waals surface area contributed by atoms with Gasteiger partial charge in [-0.3, -0.25) is 0 Å². The summed E-state index contributed by atoms with van der Waals surface area (Å²) in [5.41, 5.74) is 1.98. The molecule has 434 valence electrons. The van der Waals surface area contributed by atoms with Crippen molar-refractivity contribution in [1.82, 2.24) is 0 Å². The number of benzene rings is 6. The van der Waals surface area contributed by atoms with Gasteiger partial charge in [-0.15, -0.1) is 0 Å². The highest BCUT2D eigenvalue weighted by Gasteiger charge is 2.35. The van der Waals surface area contributed by atoms with Gasteiger partial charge in [0.15, 0.2) is 0 Å². The third kappa shape index (κ3) is 10.2. The van der Waals surface area contributed by atoms with Crippen LogP contribution < -0.4 is 37.9 Å². The summed E-state index contributed by atoms with van der Waals surface area (Å²) in [6.07, 6.45) is -0.520.